The standard InChI is InChI=1S/C18H20N2O8S/c1-9-6-12(27-3)7-10(2)16(9)29(25,26)20(11-4-5-11)8-13-19-14(17(21)22)15(28-13)18(23)24/h6-7,11H,4-5,8H2,1-3H3,(H,21,22)(H,23,24). The summed E-state index contributed by atoms with van der Waals surface area (Å²) in [6, 6.07) is 2.93. The summed E-state index contributed by atoms with van der Waals surface area (Å²) < 4.78 is 38.2. The first kappa shape index (κ1) is 20.8. The molecule has 1 heterocycles. The van der Waals surface area contributed by atoms with Gasteiger partial charge in [-0.2, -0.15) is 4.31 Å². The number of aryl methyl sites for hydroxylation is 2. The van der Waals surface area contributed by atoms with E-state index in [9.17, 15) is 18.0 Å². The van der Waals surface area contributed by atoms with E-state index in [1.165, 1.54) is 11.4 Å². The van der Waals surface area contributed by atoms with E-state index in [-0.39, 0.29) is 23.4 Å². The predicted molar refractivity (Wildman–Crippen MR) is 98.6 cm³/mol. The maximum atomic E-state index is 13.4. The predicted octanol–water partition coefficient (Wildman–Crippen LogP) is 2.05. The van der Waals surface area contributed by atoms with Crippen molar-refractivity contribution < 1.29 is 37.4 Å². The number of sulfonamides is 1. The Kier molecular flexibility index (Phi) is 5.37. The summed E-state index contributed by atoms with van der Waals surface area (Å²) >= 11 is 0. The maximum Gasteiger partial charge on any atom is 0.374 e. The number of aromatic nitrogens is 1. The molecule has 1 aliphatic carbocycles. The molecule has 0 atom stereocenters. The van der Waals surface area contributed by atoms with Gasteiger partial charge in [-0.3, -0.25) is 0 Å². The van der Waals surface area contributed by atoms with Crippen molar-refractivity contribution in [1.82, 2.24) is 9.29 Å². The Balaban J connectivity index is 2.03. The number of carboxylic acid groups (broad SMARTS) is 2. The van der Waals surface area contributed by atoms with Gasteiger partial charge in [0, 0.05) is 6.04 Å². The number of methoxy groups -OCH3 is 1. The molecule has 3 rings (SSSR count). The van der Waals surface area contributed by atoms with Gasteiger partial charge in [0.15, 0.2) is 0 Å². The molecule has 156 valence electrons. The quantitative estimate of drug-likeness (QED) is 0.649. The van der Waals surface area contributed by atoms with Crippen LogP contribution in [-0.2, 0) is 16.6 Å². The molecule has 0 saturated heterocycles. The van der Waals surface area contributed by atoms with Crippen LogP contribution in [0.3, 0.4) is 0 Å². The highest BCUT2D eigenvalue weighted by molar-refractivity contribution is 7.89. The molecule has 1 fully saturated rings. The Morgan fingerprint density at radius 3 is 2.21 bits per heavy atom. The van der Waals surface area contributed by atoms with Gasteiger partial charge < -0.3 is 19.4 Å². The first-order valence-electron chi connectivity index (χ1n) is 8.69. The van der Waals surface area contributed by atoms with Crippen LogP contribution in [0.5, 0.6) is 5.75 Å². The third-order valence-corrected chi connectivity index (χ3v) is 6.75. The van der Waals surface area contributed by atoms with Gasteiger partial charge in [0.2, 0.25) is 27.4 Å². The SMILES string of the molecule is COc1cc(C)c(S(=O)(=O)N(Cc2nc(C(=O)O)c(C(=O)O)o2)C2CC2)c(C)c1. The number of benzene rings is 1. The molecule has 1 aromatic carbocycles. The number of oxazole rings is 1. The van der Waals surface area contributed by atoms with Crippen molar-refractivity contribution in [3.8, 4) is 5.75 Å². The zero-order valence-electron chi connectivity index (χ0n) is 16.0. The minimum Gasteiger partial charge on any atom is -0.497 e. The first-order valence-corrected chi connectivity index (χ1v) is 10.1. The lowest BCUT2D eigenvalue weighted by atomic mass is 10.1. The van der Waals surface area contributed by atoms with Crippen LogP contribution in [0.4, 0.5) is 0 Å². The third-order valence-electron chi connectivity index (χ3n) is 4.55. The number of nitrogens with zero attached hydrogens (tertiary/aromatic N) is 2. The van der Waals surface area contributed by atoms with Gasteiger partial charge in [-0.1, -0.05) is 0 Å². The molecule has 1 aromatic heterocycles. The summed E-state index contributed by atoms with van der Waals surface area (Å²) in [4.78, 5) is 26.2. The fourth-order valence-electron chi connectivity index (χ4n) is 3.18. The molecule has 0 radical (unpaired) electrons. The van der Waals surface area contributed by atoms with E-state index < -0.39 is 33.4 Å². The number of carbonyl (C=O) groups is 2. The van der Waals surface area contributed by atoms with Crippen molar-refractivity contribution in [1.29, 1.82) is 0 Å². The fourth-order valence-corrected chi connectivity index (χ4v) is 5.23. The van der Waals surface area contributed by atoms with Crippen LogP contribution in [0, 0.1) is 13.8 Å². The normalized spacial score (nSPS) is 14.2. The Hall–Kier alpha value is -2.92. The molecule has 0 amide bonds. The van der Waals surface area contributed by atoms with Crippen molar-refractivity contribution in [2.24, 2.45) is 0 Å². The molecule has 11 heteroatoms. The summed E-state index contributed by atoms with van der Waals surface area (Å²) in [6.07, 6.45) is 1.26. The molecule has 0 spiro atoms. The van der Waals surface area contributed by atoms with Crippen LogP contribution in [0.25, 0.3) is 0 Å². The number of hydrogen-bond acceptors (Lipinski definition) is 7. The summed E-state index contributed by atoms with van der Waals surface area (Å²) in [5.74, 6) is -3.76. The number of aromatic carboxylic acids is 2. The van der Waals surface area contributed by atoms with Crippen molar-refractivity contribution >= 4 is 22.0 Å². The second kappa shape index (κ2) is 7.48. The minimum atomic E-state index is -3.98. The van der Waals surface area contributed by atoms with Crippen molar-refractivity contribution in [2.45, 2.75) is 44.2 Å². The van der Waals surface area contributed by atoms with Crippen molar-refractivity contribution in [3.05, 3.63) is 40.6 Å². The molecule has 10 nitrogen and oxygen atoms in total. The Bertz CT molecular complexity index is 1030. The molecular weight excluding hydrogens is 404 g/mol. The minimum absolute atomic E-state index is 0.119. The molecular formula is C18H20N2O8S. The smallest absolute Gasteiger partial charge is 0.374 e. The Morgan fingerprint density at radius 2 is 1.79 bits per heavy atom. The van der Waals surface area contributed by atoms with Gasteiger partial charge in [-0.15, -0.1) is 0 Å². The highest BCUT2D eigenvalue weighted by Gasteiger charge is 2.41. The fraction of sp³-hybridized carbons (Fsp3) is 0.389. The van der Waals surface area contributed by atoms with E-state index in [1.54, 1.807) is 26.0 Å². The Morgan fingerprint density at radius 1 is 1.21 bits per heavy atom. The van der Waals surface area contributed by atoms with Crippen LogP contribution in [0.2, 0.25) is 0 Å². The topological polar surface area (TPSA) is 147 Å². The highest BCUT2D eigenvalue weighted by Crippen LogP contribution is 2.36. The lowest BCUT2D eigenvalue weighted by Crippen LogP contribution is -2.33. The van der Waals surface area contributed by atoms with Crippen molar-refractivity contribution in [3.63, 3.8) is 0 Å². The van der Waals surface area contributed by atoms with Gasteiger partial charge in [-0.05, 0) is 49.9 Å². The van der Waals surface area contributed by atoms with E-state index in [1.807, 2.05) is 0 Å². The van der Waals surface area contributed by atoms with Crippen LogP contribution in [0.1, 0.15) is 50.9 Å². The lowest BCUT2D eigenvalue weighted by molar-refractivity contribution is 0.0622. The molecule has 1 aliphatic rings. The lowest BCUT2D eigenvalue weighted by Gasteiger charge is -2.23. The average molecular weight is 424 g/mol. The second-order valence-corrected chi connectivity index (χ2v) is 8.59. The van der Waals surface area contributed by atoms with Gasteiger partial charge in [0.25, 0.3) is 0 Å². The average Bonchev–Trinajstić information content (AvgIpc) is 3.36. The van der Waals surface area contributed by atoms with Gasteiger partial charge in [0.1, 0.15) is 5.75 Å². The number of hydrogen-bond donors (Lipinski definition) is 2. The summed E-state index contributed by atoms with van der Waals surface area (Å²) in [7, 11) is -2.50. The molecule has 2 aromatic rings. The van der Waals surface area contributed by atoms with E-state index in [2.05, 4.69) is 4.98 Å². The molecule has 1 saturated carbocycles. The van der Waals surface area contributed by atoms with E-state index in [4.69, 9.17) is 19.4 Å². The number of rotatable bonds is 8. The number of carboxylic acids is 2. The zero-order valence-corrected chi connectivity index (χ0v) is 16.8. The van der Waals surface area contributed by atoms with Crippen LogP contribution >= 0.6 is 0 Å². The zero-order chi connectivity index (χ0) is 21.5. The van der Waals surface area contributed by atoms with E-state index in [0.717, 1.165) is 0 Å². The first-order chi connectivity index (χ1) is 13.6. The molecule has 0 unspecified atom stereocenters. The van der Waals surface area contributed by atoms with E-state index >= 15 is 0 Å². The summed E-state index contributed by atoms with van der Waals surface area (Å²) in [5.41, 5.74) is 0.229. The summed E-state index contributed by atoms with van der Waals surface area (Å²) in [6.45, 7) is 2.94. The Labute approximate surface area is 166 Å². The second-order valence-electron chi connectivity index (χ2n) is 6.77. The van der Waals surface area contributed by atoms with Crippen molar-refractivity contribution in [2.75, 3.05) is 7.11 Å². The molecule has 29 heavy (non-hydrogen) atoms. The van der Waals surface area contributed by atoms with Crippen LogP contribution in [0.15, 0.2) is 21.4 Å². The largest absolute Gasteiger partial charge is 0.497 e. The monoisotopic (exact) mass is 424 g/mol. The summed E-state index contributed by atoms with van der Waals surface area (Å²) in [5, 5.41) is 18.2. The van der Waals surface area contributed by atoms with Gasteiger partial charge in [0.05, 0.1) is 18.6 Å². The molecule has 2 N–H and O–H groups in total. The molecule has 0 aliphatic heterocycles. The molecule has 0 bridgehead atoms. The van der Waals surface area contributed by atoms with Crippen LogP contribution < -0.4 is 4.74 Å². The van der Waals surface area contributed by atoms with Gasteiger partial charge in [-0.25, -0.2) is 23.0 Å². The van der Waals surface area contributed by atoms with Gasteiger partial charge >= 0.3 is 11.9 Å². The number of ether oxygens (including phenoxy) is 1. The van der Waals surface area contributed by atoms with Crippen LogP contribution in [-0.4, -0.2) is 53.0 Å². The third kappa shape index (κ3) is 3.96. The maximum absolute atomic E-state index is 13.4. The van der Waals surface area contributed by atoms with E-state index in [0.29, 0.717) is 29.7 Å². The highest BCUT2D eigenvalue weighted by atomic mass is 32.2.